The Morgan fingerprint density at radius 2 is 1.21 bits per heavy atom. The fraction of sp³-hybridized carbons (Fsp3) is 0.929. The zero-order valence-corrected chi connectivity index (χ0v) is 24.9. The van der Waals surface area contributed by atoms with E-state index in [1.165, 1.54) is 0 Å². The summed E-state index contributed by atoms with van der Waals surface area (Å²) in [6, 6.07) is 0. The van der Waals surface area contributed by atoms with Gasteiger partial charge in [-0.15, -0.1) is 0 Å². The minimum Gasteiger partial charge on any atom is -0.462 e. The molecular formula is C28H50O15. The molecule has 0 aliphatic carbocycles. The van der Waals surface area contributed by atoms with Crippen LogP contribution in [0.4, 0.5) is 0 Å². The van der Waals surface area contributed by atoms with Gasteiger partial charge in [-0.1, -0.05) is 46.0 Å². The Bertz CT molecular complexity index is 798. The summed E-state index contributed by atoms with van der Waals surface area (Å²) in [7, 11) is 0. The fourth-order valence-electron chi connectivity index (χ4n) is 4.60. The third-order valence-corrected chi connectivity index (χ3v) is 7.34. The number of aliphatic hydroxyl groups is 7. The van der Waals surface area contributed by atoms with Gasteiger partial charge >= 0.3 is 11.9 Å². The molecule has 2 heterocycles. The minimum absolute atomic E-state index is 0.162. The fourth-order valence-corrected chi connectivity index (χ4v) is 4.60. The highest BCUT2D eigenvalue weighted by molar-refractivity contribution is 5.70. The molecule has 0 amide bonds. The Balaban J connectivity index is 1.98. The van der Waals surface area contributed by atoms with E-state index in [1.807, 2.05) is 6.92 Å². The number of carbonyl (C=O) groups excluding carboxylic acids is 2. The van der Waals surface area contributed by atoms with E-state index in [0.717, 1.165) is 32.1 Å². The van der Waals surface area contributed by atoms with E-state index in [4.69, 9.17) is 28.4 Å². The first-order valence-corrected chi connectivity index (χ1v) is 15.1. The smallest absolute Gasteiger partial charge is 0.306 e. The summed E-state index contributed by atoms with van der Waals surface area (Å²) in [4.78, 5) is 24.5. The number of hydrogen-bond donors (Lipinski definition) is 7. The molecule has 0 radical (unpaired) electrons. The molecule has 11 unspecified atom stereocenters. The van der Waals surface area contributed by atoms with Crippen molar-refractivity contribution >= 4 is 11.9 Å². The van der Waals surface area contributed by atoms with Crippen LogP contribution in [0.3, 0.4) is 0 Å². The molecule has 2 saturated heterocycles. The predicted octanol–water partition coefficient (Wildman–Crippen LogP) is -1.37. The first-order chi connectivity index (χ1) is 20.5. The first kappa shape index (κ1) is 37.7. The largest absolute Gasteiger partial charge is 0.462 e. The summed E-state index contributed by atoms with van der Waals surface area (Å²) < 4.78 is 32.6. The molecule has 15 heteroatoms. The van der Waals surface area contributed by atoms with Crippen molar-refractivity contribution < 1.29 is 73.8 Å². The number of aliphatic hydroxyl groups excluding tert-OH is 7. The van der Waals surface area contributed by atoms with Crippen LogP contribution in [0, 0.1) is 0 Å². The van der Waals surface area contributed by atoms with E-state index < -0.39 is 92.7 Å². The lowest BCUT2D eigenvalue weighted by atomic mass is 9.98. The Morgan fingerprint density at radius 1 is 0.651 bits per heavy atom. The number of esters is 2. The maximum Gasteiger partial charge on any atom is 0.306 e. The SMILES string of the molecule is CCCCCCCC(=O)OC(COC(=O)CCCC)COC1OC(COC2OC(CO)C(O)C(O)C2O)C(O)C(O)C1O. The lowest BCUT2D eigenvalue weighted by molar-refractivity contribution is -0.332. The molecule has 2 aliphatic heterocycles. The molecular weight excluding hydrogens is 576 g/mol. The van der Waals surface area contributed by atoms with Crippen molar-refractivity contribution in [1.29, 1.82) is 0 Å². The molecule has 0 saturated carbocycles. The Morgan fingerprint density at radius 3 is 1.84 bits per heavy atom. The molecule has 0 bridgehead atoms. The Labute approximate surface area is 251 Å². The quantitative estimate of drug-likeness (QED) is 0.0648. The average molecular weight is 627 g/mol. The maximum absolute atomic E-state index is 12.4. The van der Waals surface area contributed by atoms with Crippen LogP contribution in [0.15, 0.2) is 0 Å². The summed E-state index contributed by atoms with van der Waals surface area (Å²) in [6.45, 7) is 2.12. The standard InChI is InChI=1S/C28H50O15/c1-3-5-7-8-9-11-20(31)41-16(13-38-19(30)10-6-4-2)14-39-27-26(37)24(35)22(33)18(43-27)15-40-28-25(36)23(34)21(32)17(12-29)42-28/h16-18,21-29,32-37H,3-15H2,1-2H3. The lowest BCUT2D eigenvalue weighted by Crippen LogP contribution is -2.61. The van der Waals surface area contributed by atoms with Crippen molar-refractivity contribution in [2.45, 2.75) is 139 Å². The van der Waals surface area contributed by atoms with Crippen molar-refractivity contribution in [2.24, 2.45) is 0 Å². The van der Waals surface area contributed by atoms with E-state index in [0.29, 0.717) is 12.8 Å². The van der Waals surface area contributed by atoms with E-state index in [-0.39, 0.29) is 26.1 Å². The van der Waals surface area contributed by atoms with Crippen LogP contribution >= 0.6 is 0 Å². The van der Waals surface area contributed by atoms with Crippen LogP contribution in [0.1, 0.15) is 71.6 Å². The first-order valence-electron chi connectivity index (χ1n) is 15.1. The molecule has 252 valence electrons. The van der Waals surface area contributed by atoms with Gasteiger partial charge in [0.2, 0.25) is 0 Å². The molecule has 0 aromatic rings. The van der Waals surface area contributed by atoms with Crippen molar-refractivity contribution in [3.05, 3.63) is 0 Å². The van der Waals surface area contributed by atoms with Crippen molar-refractivity contribution in [1.82, 2.24) is 0 Å². The maximum atomic E-state index is 12.4. The van der Waals surface area contributed by atoms with Crippen LogP contribution in [0.25, 0.3) is 0 Å². The molecule has 11 atom stereocenters. The third kappa shape index (κ3) is 12.1. The van der Waals surface area contributed by atoms with Crippen molar-refractivity contribution in [2.75, 3.05) is 26.4 Å². The van der Waals surface area contributed by atoms with Gasteiger partial charge in [-0.25, -0.2) is 0 Å². The second kappa shape index (κ2) is 19.8. The van der Waals surface area contributed by atoms with E-state index >= 15 is 0 Å². The highest BCUT2D eigenvalue weighted by atomic mass is 16.7. The summed E-state index contributed by atoms with van der Waals surface area (Å²) in [5, 5.41) is 70.7. The highest BCUT2D eigenvalue weighted by Crippen LogP contribution is 2.26. The van der Waals surface area contributed by atoms with Crippen LogP contribution in [0.2, 0.25) is 0 Å². The number of rotatable bonds is 19. The van der Waals surface area contributed by atoms with E-state index in [1.54, 1.807) is 0 Å². The van der Waals surface area contributed by atoms with Crippen LogP contribution in [-0.4, -0.2) is 142 Å². The van der Waals surface area contributed by atoms with Crippen LogP contribution in [-0.2, 0) is 38.0 Å². The summed E-state index contributed by atoms with van der Waals surface area (Å²) in [5.74, 6) is -0.985. The van der Waals surface area contributed by atoms with Gasteiger partial charge < -0.3 is 64.2 Å². The average Bonchev–Trinajstić information content (AvgIpc) is 2.99. The zero-order chi connectivity index (χ0) is 31.9. The lowest BCUT2D eigenvalue weighted by Gasteiger charge is -2.42. The van der Waals surface area contributed by atoms with Gasteiger partial charge in [-0.3, -0.25) is 9.59 Å². The molecule has 15 nitrogen and oxygen atoms in total. The summed E-state index contributed by atoms with van der Waals surface area (Å²) in [6.07, 6.45) is -10.4. The summed E-state index contributed by atoms with van der Waals surface area (Å²) >= 11 is 0. The molecule has 0 aromatic carbocycles. The number of unbranched alkanes of at least 4 members (excludes halogenated alkanes) is 5. The van der Waals surface area contributed by atoms with Gasteiger partial charge in [-0.2, -0.15) is 0 Å². The van der Waals surface area contributed by atoms with E-state index in [2.05, 4.69) is 6.92 Å². The number of hydrogen-bond acceptors (Lipinski definition) is 15. The van der Waals surface area contributed by atoms with Gasteiger partial charge in [0.1, 0.15) is 55.4 Å². The van der Waals surface area contributed by atoms with Crippen molar-refractivity contribution in [3.8, 4) is 0 Å². The van der Waals surface area contributed by atoms with Gasteiger partial charge in [-0.05, 0) is 12.8 Å². The molecule has 43 heavy (non-hydrogen) atoms. The number of carbonyl (C=O) groups is 2. The monoisotopic (exact) mass is 626 g/mol. The molecule has 7 N–H and O–H groups in total. The van der Waals surface area contributed by atoms with Gasteiger partial charge in [0.15, 0.2) is 18.7 Å². The van der Waals surface area contributed by atoms with Gasteiger partial charge in [0, 0.05) is 12.8 Å². The number of ether oxygens (including phenoxy) is 6. The van der Waals surface area contributed by atoms with Crippen molar-refractivity contribution in [3.63, 3.8) is 0 Å². The molecule has 0 aromatic heterocycles. The zero-order valence-electron chi connectivity index (χ0n) is 24.9. The Hall–Kier alpha value is -1.50. The topological polar surface area (TPSA) is 231 Å². The van der Waals surface area contributed by atoms with Crippen LogP contribution in [0.5, 0.6) is 0 Å². The highest BCUT2D eigenvalue weighted by Gasteiger charge is 2.47. The van der Waals surface area contributed by atoms with E-state index in [9.17, 15) is 45.3 Å². The molecule has 2 fully saturated rings. The normalized spacial score (nSPS) is 33.6. The third-order valence-electron chi connectivity index (χ3n) is 7.34. The second-order valence-corrected chi connectivity index (χ2v) is 10.9. The molecule has 0 spiro atoms. The summed E-state index contributed by atoms with van der Waals surface area (Å²) in [5.41, 5.74) is 0. The van der Waals surface area contributed by atoms with Gasteiger partial charge in [0.25, 0.3) is 0 Å². The predicted molar refractivity (Wildman–Crippen MR) is 146 cm³/mol. The molecule has 2 aliphatic rings. The second-order valence-electron chi connectivity index (χ2n) is 10.9. The van der Waals surface area contributed by atoms with Crippen LogP contribution < -0.4 is 0 Å². The minimum atomic E-state index is -1.75. The molecule has 2 rings (SSSR count). The van der Waals surface area contributed by atoms with Gasteiger partial charge in [0.05, 0.1) is 19.8 Å². The Kier molecular flexibility index (Phi) is 17.3.